The van der Waals surface area contributed by atoms with E-state index in [-0.39, 0.29) is 30.6 Å². The predicted molar refractivity (Wildman–Crippen MR) is 77.5 cm³/mol. The van der Waals surface area contributed by atoms with Gasteiger partial charge in [-0.1, -0.05) is 18.7 Å². The summed E-state index contributed by atoms with van der Waals surface area (Å²) in [6.45, 7) is 11.6. The molecule has 2 bridgehead atoms. The first-order chi connectivity index (χ1) is 9.95. The Balaban J connectivity index is 2.12. The molecule has 2 aliphatic heterocycles. The largest absolute Gasteiger partial charge is 0.345 e. The van der Waals surface area contributed by atoms with Crippen molar-refractivity contribution < 1.29 is 14.4 Å². The summed E-state index contributed by atoms with van der Waals surface area (Å²) in [6, 6.07) is -0.633. The van der Waals surface area contributed by atoms with Crippen LogP contribution in [0, 0.1) is 0 Å². The van der Waals surface area contributed by atoms with Gasteiger partial charge in [0.1, 0.15) is 0 Å². The topological polar surface area (TPSA) is 73.9 Å². The molecule has 2 atom stereocenters. The third kappa shape index (κ3) is 2.92. The summed E-state index contributed by atoms with van der Waals surface area (Å²) >= 11 is 0. The van der Waals surface area contributed by atoms with Gasteiger partial charge < -0.3 is 10.3 Å². The lowest BCUT2D eigenvalue weighted by Gasteiger charge is -2.32. The van der Waals surface area contributed by atoms with E-state index in [4.69, 9.17) is 4.84 Å². The van der Waals surface area contributed by atoms with Gasteiger partial charge in [-0.25, -0.2) is 4.79 Å². The van der Waals surface area contributed by atoms with Gasteiger partial charge in [0.25, 0.3) is 0 Å². The molecule has 1 unspecified atom stereocenters. The molecule has 0 spiro atoms. The number of carbonyl (C=O) groups excluding carboxylic acids is 2. The van der Waals surface area contributed by atoms with E-state index in [0.717, 1.165) is 5.57 Å². The van der Waals surface area contributed by atoms with Crippen LogP contribution in [0.2, 0.25) is 0 Å². The first-order valence-corrected chi connectivity index (χ1v) is 6.69. The van der Waals surface area contributed by atoms with Gasteiger partial charge in [-0.15, -0.1) is 6.58 Å². The Bertz CT molecular complexity index is 514. The maximum atomic E-state index is 12.4. The Hall–Kier alpha value is -2.28. The van der Waals surface area contributed by atoms with E-state index in [1.165, 1.54) is 12.0 Å². The quantitative estimate of drug-likeness (QED) is 0.558. The molecular weight excluding hydrogens is 272 g/mol. The number of carbonyl (C=O) groups is 2. The lowest BCUT2D eigenvalue weighted by molar-refractivity contribution is -0.119. The molecule has 0 aromatic carbocycles. The summed E-state index contributed by atoms with van der Waals surface area (Å²) in [5.74, 6) is -0.227. The normalized spacial score (nSPS) is 23.7. The molecule has 2 aliphatic rings. The van der Waals surface area contributed by atoms with Crippen molar-refractivity contribution in [2.45, 2.75) is 25.9 Å². The molecule has 0 aliphatic carbocycles. The van der Waals surface area contributed by atoms with Crippen molar-refractivity contribution in [2.75, 3.05) is 13.2 Å². The SMILES string of the molecule is C=CCON1C(=O)N2CC1C=C(C)[C@H]2C(=C)NNC(C)=O. The fraction of sp³-hybridized carbons (Fsp3) is 0.429. The van der Waals surface area contributed by atoms with Crippen LogP contribution >= 0.6 is 0 Å². The van der Waals surface area contributed by atoms with Crippen molar-refractivity contribution in [3.8, 4) is 0 Å². The van der Waals surface area contributed by atoms with Crippen molar-refractivity contribution >= 4 is 11.9 Å². The lowest BCUT2D eigenvalue weighted by atomic mass is 9.99. The van der Waals surface area contributed by atoms with Crippen molar-refractivity contribution in [3.05, 3.63) is 36.6 Å². The molecule has 7 nitrogen and oxygen atoms in total. The van der Waals surface area contributed by atoms with Gasteiger partial charge in [-0.3, -0.25) is 15.1 Å². The summed E-state index contributed by atoms with van der Waals surface area (Å²) in [4.78, 5) is 30.4. The summed E-state index contributed by atoms with van der Waals surface area (Å²) < 4.78 is 0. The summed E-state index contributed by atoms with van der Waals surface area (Å²) in [5.41, 5.74) is 6.73. The Labute approximate surface area is 123 Å². The number of urea groups is 1. The molecular formula is C14H20N4O3. The van der Waals surface area contributed by atoms with Crippen LogP contribution in [0.4, 0.5) is 4.79 Å². The number of nitrogens with zero attached hydrogens (tertiary/aromatic N) is 2. The summed E-state index contributed by atoms with van der Waals surface area (Å²) in [7, 11) is 0. The van der Waals surface area contributed by atoms with E-state index in [1.807, 2.05) is 13.0 Å². The molecule has 3 amide bonds. The van der Waals surface area contributed by atoms with Crippen LogP contribution in [0.15, 0.2) is 36.6 Å². The second kappa shape index (κ2) is 6.01. The first kappa shape index (κ1) is 15.1. The molecule has 114 valence electrons. The summed E-state index contributed by atoms with van der Waals surface area (Å²) in [6.07, 6.45) is 3.58. The number of fused-ring (bicyclic) bond motifs is 2. The van der Waals surface area contributed by atoms with Crippen LogP contribution in [-0.4, -0.2) is 47.1 Å². The van der Waals surface area contributed by atoms with Gasteiger partial charge in [0.15, 0.2) is 0 Å². The molecule has 0 saturated carbocycles. The lowest BCUT2D eigenvalue weighted by Crippen LogP contribution is -2.47. The predicted octanol–water partition coefficient (Wildman–Crippen LogP) is 0.693. The van der Waals surface area contributed by atoms with Crippen LogP contribution in [-0.2, 0) is 9.63 Å². The monoisotopic (exact) mass is 292 g/mol. The second-order valence-corrected chi connectivity index (χ2v) is 5.06. The molecule has 2 heterocycles. The highest BCUT2D eigenvalue weighted by Gasteiger charge is 2.45. The van der Waals surface area contributed by atoms with Gasteiger partial charge in [0, 0.05) is 6.92 Å². The highest BCUT2D eigenvalue weighted by molar-refractivity contribution is 5.79. The molecule has 21 heavy (non-hydrogen) atoms. The average molecular weight is 292 g/mol. The van der Waals surface area contributed by atoms with E-state index < -0.39 is 0 Å². The van der Waals surface area contributed by atoms with E-state index in [1.54, 1.807) is 11.0 Å². The number of hydroxylamine groups is 2. The number of nitrogens with one attached hydrogen (secondary N) is 2. The first-order valence-electron chi connectivity index (χ1n) is 6.69. The molecule has 1 fully saturated rings. The van der Waals surface area contributed by atoms with Crippen LogP contribution < -0.4 is 10.9 Å². The standard InChI is InChI=1S/C14H20N4O3/c1-5-6-21-18-12-7-9(2)13(17(8-12)14(18)20)10(3)15-16-11(4)19/h5,7,12-13,15H,1,3,6,8H2,2,4H3,(H,16,19)/t12?,13-/m0/s1. The minimum absolute atomic E-state index is 0.109. The molecule has 7 heteroatoms. The van der Waals surface area contributed by atoms with Gasteiger partial charge >= 0.3 is 6.03 Å². The number of hydrazine groups is 1. The molecule has 0 radical (unpaired) electrons. The number of amides is 3. The van der Waals surface area contributed by atoms with E-state index in [2.05, 4.69) is 24.0 Å². The molecule has 0 aromatic heterocycles. The minimum atomic E-state index is -0.307. The van der Waals surface area contributed by atoms with E-state index >= 15 is 0 Å². The Morgan fingerprint density at radius 1 is 1.57 bits per heavy atom. The zero-order valence-corrected chi connectivity index (χ0v) is 12.3. The van der Waals surface area contributed by atoms with Crippen LogP contribution in [0.5, 0.6) is 0 Å². The Kier molecular flexibility index (Phi) is 4.32. The van der Waals surface area contributed by atoms with Crippen molar-refractivity contribution in [1.82, 2.24) is 20.8 Å². The molecule has 0 aromatic rings. The fourth-order valence-corrected chi connectivity index (χ4v) is 2.58. The van der Waals surface area contributed by atoms with Crippen LogP contribution in [0.25, 0.3) is 0 Å². The summed E-state index contributed by atoms with van der Waals surface area (Å²) in [5, 5.41) is 1.36. The average Bonchev–Trinajstić information content (AvgIpc) is 2.67. The van der Waals surface area contributed by atoms with Gasteiger partial charge in [0.2, 0.25) is 5.91 Å². The number of rotatable bonds is 6. The zero-order valence-electron chi connectivity index (χ0n) is 12.3. The van der Waals surface area contributed by atoms with Crippen molar-refractivity contribution in [2.24, 2.45) is 0 Å². The second-order valence-electron chi connectivity index (χ2n) is 5.06. The Morgan fingerprint density at radius 3 is 2.90 bits per heavy atom. The van der Waals surface area contributed by atoms with Gasteiger partial charge in [-0.2, -0.15) is 5.06 Å². The highest BCUT2D eigenvalue weighted by Crippen LogP contribution is 2.31. The molecule has 2 N–H and O–H groups in total. The highest BCUT2D eigenvalue weighted by atomic mass is 16.7. The van der Waals surface area contributed by atoms with Crippen molar-refractivity contribution in [1.29, 1.82) is 0 Å². The van der Waals surface area contributed by atoms with Crippen molar-refractivity contribution in [3.63, 3.8) is 0 Å². The third-order valence-electron chi connectivity index (χ3n) is 3.38. The Morgan fingerprint density at radius 2 is 2.29 bits per heavy atom. The maximum Gasteiger partial charge on any atom is 0.345 e. The fourth-order valence-electron chi connectivity index (χ4n) is 2.58. The van der Waals surface area contributed by atoms with Crippen LogP contribution in [0.1, 0.15) is 13.8 Å². The van der Waals surface area contributed by atoms with Crippen LogP contribution in [0.3, 0.4) is 0 Å². The molecule has 2 rings (SSSR count). The van der Waals surface area contributed by atoms with Gasteiger partial charge in [-0.05, 0) is 12.5 Å². The molecule has 1 saturated heterocycles. The number of hydrogen-bond donors (Lipinski definition) is 2. The maximum absolute atomic E-state index is 12.4. The third-order valence-corrected chi connectivity index (χ3v) is 3.38. The smallest absolute Gasteiger partial charge is 0.308 e. The zero-order chi connectivity index (χ0) is 15.6. The van der Waals surface area contributed by atoms with Gasteiger partial charge in [0.05, 0.1) is 30.9 Å². The van der Waals surface area contributed by atoms with E-state index in [0.29, 0.717) is 12.2 Å². The minimum Gasteiger partial charge on any atom is -0.308 e. The number of hydrogen-bond acceptors (Lipinski definition) is 4. The van der Waals surface area contributed by atoms with E-state index in [9.17, 15) is 9.59 Å².